The summed E-state index contributed by atoms with van der Waals surface area (Å²) in [6.07, 6.45) is 1.88. The van der Waals surface area contributed by atoms with Gasteiger partial charge >= 0.3 is 0 Å². The van der Waals surface area contributed by atoms with Crippen LogP contribution < -0.4 is 5.32 Å². The lowest BCUT2D eigenvalue weighted by Crippen LogP contribution is -2.36. The average molecular weight is 311 g/mol. The SMILES string of the molecule is CCc1ccc(C(NC)C(C)S(=O)(=O)CC(C)CC)cc1. The Balaban J connectivity index is 2.97. The number of sulfone groups is 1. The molecule has 1 rings (SSSR count). The minimum Gasteiger partial charge on any atom is -0.312 e. The Labute approximate surface area is 130 Å². The molecule has 0 bridgehead atoms. The van der Waals surface area contributed by atoms with Crippen LogP contribution in [0.5, 0.6) is 0 Å². The van der Waals surface area contributed by atoms with Gasteiger partial charge in [0.05, 0.1) is 11.0 Å². The van der Waals surface area contributed by atoms with E-state index in [2.05, 4.69) is 24.4 Å². The summed E-state index contributed by atoms with van der Waals surface area (Å²) in [6, 6.07) is 8.07. The molecule has 0 fully saturated rings. The lowest BCUT2D eigenvalue weighted by molar-refractivity contribution is 0.516. The van der Waals surface area contributed by atoms with Gasteiger partial charge in [0, 0.05) is 6.04 Å². The maximum atomic E-state index is 12.6. The molecule has 0 radical (unpaired) electrons. The quantitative estimate of drug-likeness (QED) is 0.801. The second kappa shape index (κ2) is 7.95. The van der Waals surface area contributed by atoms with Crippen LogP contribution in [0.3, 0.4) is 0 Å². The molecule has 3 nitrogen and oxygen atoms in total. The van der Waals surface area contributed by atoms with E-state index in [9.17, 15) is 8.42 Å². The van der Waals surface area contributed by atoms with E-state index in [1.165, 1.54) is 5.56 Å². The Hall–Kier alpha value is -0.870. The summed E-state index contributed by atoms with van der Waals surface area (Å²) >= 11 is 0. The summed E-state index contributed by atoms with van der Waals surface area (Å²) in [6.45, 7) is 7.95. The van der Waals surface area contributed by atoms with Gasteiger partial charge in [-0.2, -0.15) is 0 Å². The predicted octanol–water partition coefficient (Wildman–Crippen LogP) is 3.36. The fourth-order valence-corrected chi connectivity index (χ4v) is 4.55. The number of rotatable bonds is 8. The van der Waals surface area contributed by atoms with E-state index in [0.717, 1.165) is 18.4 Å². The molecule has 0 saturated carbocycles. The van der Waals surface area contributed by atoms with E-state index in [4.69, 9.17) is 0 Å². The van der Waals surface area contributed by atoms with Gasteiger partial charge in [-0.25, -0.2) is 8.42 Å². The Kier molecular flexibility index (Phi) is 6.88. The summed E-state index contributed by atoms with van der Waals surface area (Å²) < 4.78 is 25.1. The maximum Gasteiger partial charge on any atom is 0.155 e. The first kappa shape index (κ1) is 18.2. The Morgan fingerprint density at radius 2 is 1.67 bits per heavy atom. The molecule has 21 heavy (non-hydrogen) atoms. The topological polar surface area (TPSA) is 46.2 Å². The highest BCUT2D eigenvalue weighted by Gasteiger charge is 2.30. The summed E-state index contributed by atoms with van der Waals surface area (Å²) in [5.74, 6) is 0.466. The zero-order valence-electron chi connectivity index (χ0n) is 13.9. The van der Waals surface area contributed by atoms with Crippen molar-refractivity contribution in [3.05, 3.63) is 35.4 Å². The first-order valence-corrected chi connectivity index (χ1v) is 9.54. The van der Waals surface area contributed by atoms with Gasteiger partial charge in [0.1, 0.15) is 0 Å². The molecule has 0 heterocycles. The van der Waals surface area contributed by atoms with Crippen molar-refractivity contribution in [2.24, 2.45) is 5.92 Å². The number of hydrogen-bond donors (Lipinski definition) is 1. The molecule has 0 saturated heterocycles. The molecule has 0 aliphatic heterocycles. The molecule has 0 aromatic heterocycles. The molecule has 120 valence electrons. The highest BCUT2D eigenvalue weighted by Crippen LogP contribution is 2.24. The minimum absolute atomic E-state index is 0.162. The van der Waals surface area contributed by atoms with Crippen LogP contribution in [0.2, 0.25) is 0 Å². The average Bonchev–Trinajstić information content (AvgIpc) is 2.48. The molecule has 4 heteroatoms. The molecular formula is C17H29NO2S. The van der Waals surface area contributed by atoms with Gasteiger partial charge in [0.2, 0.25) is 0 Å². The lowest BCUT2D eigenvalue weighted by Gasteiger charge is -2.25. The summed E-state index contributed by atoms with van der Waals surface area (Å²) in [5.41, 5.74) is 2.30. The van der Waals surface area contributed by atoms with Crippen molar-refractivity contribution < 1.29 is 8.42 Å². The molecule has 1 aromatic rings. The zero-order valence-corrected chi connectivity index (χ0v) is 14.7. The largest absolute Gasteiger partial charge is 0.312 e. The molecule has 0 aliphatic carbocycles. The van der Waals surface area contributed by atoms with Gasteiger partial charge in [0.15, 0.2) is 9.84 Å². The van der Waals surface area contributed by atoms with E-state index < -0.39 is 15.1 Å². The molecule has 0 amide bonds. The number of benzene rings is 1. The van der Waals surface area contributed by atoms with Gasteiger partial charge in [-0.3, -0.25) is 0 Å². The van der Waals surface area contributed by atoms with Gasteiger partial charge in [0.25, 0.3) is 0 Å². The second-order valence-corrected chi connectivity index (χ2v) is 8.31. The van der Waals surface area contributed by atoms with Crippen molar-refractivity contribution in [3.8, 4) is 0 Å². The third-order valence-electron chi connectivity index (χ3n) is 4.31. The van der Waals surface area contributed by atoms with Gasteiger partial charge in [-0.1, -0.05) is 51.5 Å². The van der Waals surface area contributed by atoms with Crippen LogP contribution in [0.4, 0.5) is 0 Å². The third-order valence-corrected chi connectivity index (χ3v) is 6.75. The van der Waals surface area contributed by atoms with Crippen molar-refractivity contribution in [1.82, 2.24) is 5.32 Å². The van der Waals surface area contributed by atoms with E-state index in [1.54, 1.807) is 0 Å². The second-order valence-electron chi connectivity index (χ2n) is 5.91. The maximum absolute atomic E-state index is 12.6. The normalized spacial score (nSPS) is 16.4. The third kappa shape index (κ3) is 4.82. The first-order chi connectivity index (χ1) is 9.85. The zero-order chi connectivity index (χ0) is 16.0. The van der Waals surface area contributed by atoms with Crippen molar-refractivity contribution in [2.45, 2.75) is 51.8 Å². The van der Waals surface area contributed by atoms with E-state index >= 15 is 0 Å². The molecule has 3 atom stereocenters. The molecule has 0 spiro atoms. The summed E-state index contributed by atoms with van der Waals surface area (Å²) in [5, 5.41) is 2.75. The van der Waals surface area contributed by atoms with Crippen molar-refractivity contribution >= 4 is 9.84 Å². The van der Waals surface area contributed by atoms with Crippen LogP contribution in [-0.4, -0.2) is 26.5 Å². The highest BCUT2D eigenvalue weighted by atomic mass is 32.2. The van der Waals surface area contributed by atoms with E-state index in [1.807, 2.05) is 40.0 Å². The van der Waals surface area contributed by atoms with Crippen LogP contribution in [0, 0.1) is 5.92 Å². The van der Waals surface area contributed by atoms with Crippen molar-refractivity contribution in [2.75, 3.05) is 12.8 Å². The smallest absolute Gasteiger partial charge is 0.155 e. The molecule has 0 aliphatic rings. The molecule has 1 aromatic carbocycles. The molecular weight excluding hydrogens is 282 g/mol. The highest BCUT2D eigenvalue weighted by molar-refractivity contribution is 7.92. The fraction of sp³-hybridized carbons (Fsp3) is 0.647. The van der Waals surface area contributed by atoms with Crippen LogP contribution in [0.15, 0.2) is 24.3 Å². The first-order valence-electron chi connectivity index (χ1n) is 7.83. The van der Waals surface area contributed by atoms with E-state index in [0.29, 0.717) is 0 Å². The van der Waals surface area contributed by atoms with Gasteiger partial charge < -0.3 is 5.32 Å². The van der Waals surface area contributed by atoms with Gasteiger partial charge in [-0.15, -0.1) is 0 Å². The number of hydrogen-bond acceptors (Lipinski definition) is 3. The molecule has 1 N–H and O–H groups in total. The summed E-state index contributed by atoms with van der Waals surface area (Å²) in [4.78, 5) is 0. The van der Waals surface area contributed by atoms with Crippen molar-refractivity contribution in [3.63, 3.8) is 0 Å². The van der Waals surface area contributed by atoms with E-state index in [-0.39, 0.29) is 17.7 Å². The lowest BCUT2D eigenvalue weighted by atomic mass is 10.0. The van der Waals surface area contributed by atoms with Crippen molar-refractivity contribution in [1.29, 1.82) is 0 Å². The van der Waals surface area contributed by atoms with Crippen LogP contribution in [0.25, 0.3) is 0 Å². The fourth-order valence-electron chi connectivity index (χ4n) is 2.51. The summed E-state index contributed by atoms with van der Waals surface area (Å²) in [7, 11) is -1.28. The molecule has 3 unspecified atom stereocenters. The predicted molar refractivity (Wildman–Crippen MR) is 90.3 cm³/mol. The number of aryl methyl sites for hydroxylation is 1. The Morgan fingerprint density at radius 1 is 1.10 bits per heavy atom. The van der Waals surface area contributed by atoms with Gasteiger partial charge in [-0.05, 0) is 37.4 Å². The Bertz CT molecular complexity index is 522. The van der Waals surface area contributed by atoms with Crippen LogP contribution in [-0.2, 0) is 16.3 Å². The monoisotopic (exact) mass is 311 g/mol. The Morgan fingerprint density at radius 3 is 2.10 bits per heavy atom. The standard InChI is InChI=1S/C17H29NO2S/c1-6-13(3)12-21(19,20)14(4)17(18-5)16-10-8-15(7-2)9-11-16/h8-11,13-14,17-18H,6-7,12H2,1-5H3. The minimum atomic E-state index is -3.11. The van der Waals surface area contributed by atoms with Crippen LogP contribution in [0.1, 0.15) is 51.3 Å². The van der Waals surface area contributed by atoms with Crippen LogP contribution >= 0.6 is 0 Å². The number of nitrogens with one attached hydrogen (secondary N) is 1.